The second kappa shape index (κ2) is 6.99. The van der Waals surface area contributed by atoms with Gasteiger partial charge in [-0.3, -0.25) is 0 Å². The van der Waals surface area contributed by atoms with Gasteiger partial charge in [-0.05, 0) is 31.0 Å². The summed E-state index contributed by atoms with van der Waals surface area (Å²) in [6.07, 6.45) is 0.836. The Bertz CT molecular complexity index is 598. The summed E-state index contributed by atoms with van der Waals surface area (Å²) >= 11 is 0. The third kappa shape index (κ3) is 4.13. The molecule has 2 aromatic carbocycles. The summed E-state index contributed by atoms with van der Waals surface area (Å²) in [5.41, 5.74) is 1.91. The van der Waals surface area contributed by atoms with Crippen molar-refractivity contribution in [3.8, 4) is 17.2 Å². The lowest BCUT2D eigenvalue weighted by Gasteiger charge is -2.16. The molecule has 0 fully saturated rings. The van der Waals surface area contributed by atoms with Crippen LogP contribution in [0.1, 0.15) is 18.1 Å². The number of hydrogen-bond acceptors (Lipinski definition) is 4. The second-order valence-electron chi connectivity index (χ2n) is 5.11. The normalized spacial score (nSPS) is 12.1. The SMILES string of the molecule is COc1ccccc1CC(C)NCc1ccc(O)cc1O. The van der Waals surface area contributed by atoms with Gasteiger partial charge < -0.3 is 20.3 Å². The third-order valence-electron chi connectivity index (χ3n) is 3.43. The van der Waals surface area contributed by atoms with E-state index in [0.29, 0.717) is 6.54 Å². The van der Waals surface area contributed by atoms with Crippen molar-refractivity contribution >= 4 is 0 Å². The Morgan fingerprint density at radius 1 is 1.10 bits per heavy atom. The third-order valence-corrected chi connectivity index (χ3v) is 3.43. The number of phenolic OH excluding ortho intramolecular Hbond substituents is 2. The topological polar surface area (TPSA) is 61.7 Å². The Morgan fingerprint density at radius 3 is 2.57 bits per heavy atom. The van der Waals surface area contributed by atoms with Crippen molar-refractivity contribution in [1.82, 2.24) is 5.32 Å². The molecule has 2 aromatic rings. The minimum Gasteiger partial charge on any atom is -0.508 e. The molecule has 0 aliphatic heterocycles. The average Bonchev–Trinajstić information content (AvgIpc) is 2.47. The molecule has 0 aromatic heterocycles. The molecule has 0 saturated heterocycles. The summed E-state index contributed by atoms with van der Waals surface area (Å²) in [5.74, 6) is 1.06. The Morgan fingerprint density at radius 2 is 1.86 bits per heavy atom. The number of benzene rings is 2. The molecule has 4 heteroatoms. The fourth-order valence-electron chi connectivity index (χ4n) is 2.26. The summed E-state index contributed by atoms with van der Waals surface area (Å²) in [6.45, 7) is 2.63. The summed E-state index contributed by atoms with van der Waals surface area (Å²) < 4.78 is 5.35. The quantitative estimate of drug-likeness (QED) is 0.764. The largest absolute Gasteiger partial charge is 0.508 e. The van der Waals surface area contributed by atoms with Gasteiger partial charge >= 0.3 is 0 Å². The first kappa shape index (κ1) is 15.2. The molecule has 0 radical (unpaired) electrons. The molecule has 0 spiro atoms. The van der Waals surface area contributed by atoms with E-state index in [1.165, 1.54) is 6.07 Å². The van der Waals surface area contributed by atoms with Gasteiger partial charge in [0.1, 0.15) is 17.2 Å². The van der Waals surface area contributed by atoms with Crippen LogP contribution < -0.4 is 10.1 Å². The lowest BCUT2D eigenvalue weighted by atomic mass is 10.1. The zero-order chi connectivity index (χ0) is 15.2. The fraction of sp³-hybridized carbons (Fsp3) is 0.294. The smallest absolute Gasteiger partial charge is 0.123 e. The Labute approximate surface area is 125 Å². The Kier molecular flexibility index (Phi) is 5.06. The van der Waals surface area contributed by atoms with Crippen LogP contribution in [0.25, 0.3) is 0 Å². The highest BCUT2D eigenvalue weighted by Gasteiger charge is 2.09. The number of phenols is 2. The second-order valence-corrected chi connectivity index (χ2v) is 5.11. The van der Waals surface area contributed by atoms with E-state index in [0.717, 1.165) is 23.3 Å². The van der Waals surface area contributed by atoms with Gasteiger partial charge in [0.25, 0.3) is 0 Å². The van der Waals surface area contributed by atoms with Crippen molar-refractivity contribution < 1.29 is 14.9 Å². The molecule has 4 nitrogen and oxygen atoms in total. The van der Waals surface area contributed by atoms with Crippen LogP contribution in [0, 0.1) is 0 Å². The molecular formula is C17H21NO3. The van der Waals surface area contributed by atoms with E-state index in [9.17, 15) is 10.2 Å². The first-order valence-electron chi connectivity index (χ1n) is 6.96. The molecule has 3 N–H and O–H groups in total. The van der Waals surface area contributed by atoms with Gasteiger partial charge in [0, 0.05) is 24.2 Å². The molecule has 0 aliphatic rings. The highest BCUT2D eigenvalue weighted by Crippen LogP contribution is 2.23. The van der Waals surface area contributed by atoms with Gasteiger partial charge in [-0.15, -0.1) is 0 Å². The van der Waals surface area contributed by atoms with E-state index in [1.54, 1.807) is 19.2 Å². The molecule has 1 unspecified atom stereocenters. The van der Waals surface area contributed by atoms with Crippen LogP contribution in [0.5, 0.6) is 17.2 Å². The van der Waals surface area contributed by atoms with E-state index in [-0.39, 0.29) is 17.5 Å². The van der Waals surface area contributed by atoms with Crippen molar-refractivity contribution in [3.63, 3.8) is 0 Å². The zero-order valence-corrected chi connectivity index (χ0v) is 12.3. The maximum Gasteiger partial charge on any atom is 0.123 e. The van der Waals surface area contributed by atoms with E-state index in [2.05, 4.69) is 18.3 Å². The minimum atomic E-state index is 0.0679. The summed E-state index contributed by atoms with van der Waals surface area (Å²) in [7, 11) is 1.67. The molecule has 0 heterocycles. The molecule has 0 saturated carbocycles. The molecule has 0 bridgehead atoms. The maximum absolute atomic E-state index is 9.76. The predicted octanol–water partition coefficient (Wildman–Crippen LogP) is 2.83. The van der Waals surface area contributed by atoms with Gasteiger partial charge in [0.15, 0.2) is 0 Å². The van der Waals surface area contributed by atoms with Crippen LogP contribution in [0.3, 0.4) is 0 Å². The van der Waals surface area contributed by atoms with E-state index in [4.69, 9.17) is 4.74 Å². The molecule has 1 atom stereocenters. The fourth-order valence-corrected chi connectivity index (χ4v) is 2.26. The van der Waals surface area contributed by atoms with Gasteiger partial charge in [-0.25, -0.2) is 0 Å². The van der Waals surface area contributed by atoms with Crippen LogP contribution in [0.2, 0.25) is 0 Å². The van der Waals surface area contributed by atoms with Crippen LogP contribution in [0.4, 0.5) is 0 Å². The van der Waals surface area contributed by atoms with Crippen molar-refractivity contribution in [2.75, 3.05) is 7.11 Å². The van der Waals surface area contributed by atoms with Crippen LogP contribution in [0.15, 0.2) is 42.5 Å². The highest BCUT2D eigenvalue weighted by atomic mass is 16.5. The molecule has 2 rings (SSSR count). The molecule has 21 heavy (non-hydrogen) atoms. The Hall–Kier alpha value is -2.20. The molecule has 0 amide bonds. The lowest BCUT2D eigenvalue weighted by Crippen LogP contribution is -2.27. The number of ether oxygens (including phenoxy) is 1. The van der Waals surface area contributed by atoms with E-state index in [1.807, 2.05) is 18.2 Å². The monoisotopic (exact) mass is 287 g/mol. The molecule has 0 aliphatic carbocycles. The number of nitrogens with one attached hydrogen (secondary N) is 1. The van der Waals surface area contributed by atoms with Crippen molar-refractivity contribution in [3.05, 3.63) is 53.6 Å². The first-order valence-corrected chi connectivity index (χ1v) is 6.96. The lowest BCUT2D eigenvalue weighted by molar-refractivity contribution is 0.405. The van der Waals surface area contributed by atoms with Crippen LogP contribution in [-0.4, -0.2) is 23.4 Å². The zero-order valence-electron chi connectivity index (χ0n) is 12.3. The summed E-state index contributed by atoms with van der Waals surface area (Å²) in [5, 5.41) is 22.4. The minimum absolute atomic E-state index is 0.0679. The van der Waals surface area contributed by atoms with Gasteiger partial charge in [-0.2, -0.15) is 0 Å². The average molecular weight is 287 g/mol. The van der Waals surface area contributed by atoms with Crippen molar-refractivity contribution in [1.29, 1.82) is 0 Å². The van der Waals surface area contributed by atoms with Gasteiger partial charge in [0.2, 0.25) is 0 Å². The van der Waals surface area contributed by atoms with E-state index >= 15 is 0 Å². The highest BCUT2D eigenvalue weighted by molar-refractivity contribution is 5.39. The van der Waals surface area contributed by atoms with Crippen molar-refractivity contribution in [2.45, 2.75) is 25.9 Å². The summed E-state index contributed by atoms with van der Waals surface area (Å²) in [6, 6.07) is 12.8. The maximum atomic E-state index is 9.76. The molecular weight excluding hydrogens is 266 g/mol. The predicted molar refractivity (Wildman–Crippen MR) is 82.8 cm³/mol. The number of rotatable bonds is 6. The standard InChI is InChI=1S/C17H21NO3/c1-12(9-13-5-3-4-6-17(13)21-2)18-11-14-7-8-15(19)10-16(14)20/h3-8,10,12,18-20H,9,11H2,1-2H3. The van der Waals surface area contributed by atoms with Crippen molar-refractivity contribution in [2.24, 2.45) is 0 Å². The number of aromatic hydroxyl groups is 2. The van der Waals surface area contributed by atoms with Gasteiger partial charge in [0.05, 0.1) is 7.11 Å². The van der Waals surface area contributed by atoms with Crippen LogP contribution >= 0.6 is 0 Å². The van der Waals surface area contributed by atoms with Crippen LogP contribution in [-0.2, 0) is 13.0 Å². The Balaban J connectivity index is 1.94. The number of methoxy groups -OCH3 is 1. The molecule has 112 valence electrons. The van der Waals surface area contributed by atoms with E-state index < -0.39 is 0 Å². The number of hydrogen-bond donors (Lipinski definition) is 3. The van der Waals surface area contributed by atoms with Gasteiger partial charge in [-0.1, -0.05) is 24.3 Å². The first-order chi connectivity index (χ1) is 10.1. The summed E-state index contributed by atoms with van der Waals surface area (Å²) in [4.78, 5) is 0. The number of para-hydroxylation sites is 1.